The predicted molar refractivity (Wildman–Crippen MR) is 101 cm³/mol. The molecule has 148 valence electrons. The minimum absolute atomic E-state index is 0.223. The van der Waals surface area contributed by atoms with Crippen LogP contribution < -0.4 is 0 Å². The highest BCUT2D eigenvalue weighted by Crippen LogP contribution is 2.40. The summed E-state index contributed by atoms with van der Waals surface area (Å²) in [6.07, 6.45) is -0.427. The van der Waals surface area contributed by atoms with Crippen molar-refractivity contribution in [3.05, 3.63) is 81.4 Å². The molecular weight excluding hydrogens is 380 g/mol. The molecule has 0 radical (unpaired) electrons. The van der Waals surface area contributed by atoms with Crippen LogP contribution in [-0.2, 0) is 14.4 Å². The van der Waals surface area contributed by atoms with E-state index in [0.29, 0.717) is 5.56 Å². The Kier molecular flexibility index (Phi) is 5.40. The topological polar surface area (TPSA) is 138 Å². The first-order chi connectivity index (χ1) is 13.8. The molecule has 1 aliphatic heterocycles. The fraction of sp³-hybridized carbons (Fsp3) is 0.150. The number of nitro benzene ring substituents is 1. The van der Waals surface area contributed by atoms with E-state index in [-0.39, 0.29) is 23.4 Å². The maximum Gasteiger partial charge on any atom is 0.305 e. The number of carboxylic acid groups (broad SMARTS) is 1. The van der Waals surface area contributed by atoms with Gasteiger partial charge in [0.1, 0.15) is 5.76 Å². The molecule has 1 fully saturated rings. The number of carbonyl (C=O) groups is 3. The zero-order chi connectivity index (χ0) is 21.1. The molecule has 0 aliphatic carbocycles. The van der Waals surface area contributed by atoms with E-state index in [1.54, 1.807) is 30.3 Å². The normalized spacial score (nSPS) is 18.1. The Morgan fingerprint density at radius 1 is 1.07 bits per heavy atom. The first-order valence-corrected chi connectivity index (χ1v) is 8.61. The summed E-state index contributed by atoms with van der Waals surface area (Å²) >= 11 is 0. The quantitative estimate of drug-likeness (QED) is 0.251. The first-order valence-electron chi connectivity index (χ1n) is 8.61. The average molecular weight is 396 g/mol. The summed E-state index contributed by atoms with van der Waals surface area (Å²) in [6, 6.07) is 12.3. The van der Waals surface area contributed by atoms with E-state index < -0.39 is 40.8 Å². The van der Waals surface area contributed by atoms with Gasteiger partial charge in [0.15, 0.2) is 0 Å². The number of ketones is 1. The number of benzene rings is 2. The lowest BCUT2D eigenvalue weighted by Gasteiger charge is -2.24. The Morgan fingerprint density at radius 3 is 2.38 bits per heavy atom. The fourth-order valence-electron chi connectivity index (χ4n) is 3.23. The molecule has 0 unspecified atom stereocenters. The largest absolute Gasteiger partial charge is 0.507 e. The van der Waals surface area contributed by atoms with Crippen LogP contribution in [0.3, 0.4) is 0 Å². The van der Waals surface area contributed by atoms with Crippen LogP contribution >= 0.6 is 0 Å². The Balaban J connectivity index is 2.18. The lowest BCUT2D eigenvalue weighted by molar-refractivity contribution is -0.384. The van der Waals surface area contributed by atoms with E-state index in [1.807, 2.05) is 0 Å². The van der Waals surface area contributed by atoms with Crippen LogP contribution in [0, 0.1) is 10.1 Å². The number of amides is 1. The summed E-state index contributed by atoms with van der Waals surface area (Å²) in [5.41, 5.74) is 0.0126. The van der Waals surface area contributed by atoms with Crippen molar-refractivity contribution in [1.29, 1.82) is 0 Å². The number of aliphatic carboxylic acids is 1. The molecule has 29 heavy (non-hydrogen) atoms. The number of carboxylic acids is 1. The summed E-state index contributed by atoms with van der Waals surface area (Å²) in [6.45, 7) is -0.293. The number of likely N-dealkylation sites (tertiary alicyclic amines) is 1. The van der Waals surface area contributed by atoms with Crippen molar-refractivity contribution in [2.45, 2.75) is 12.5 Å². The van der Waals surface area contributed by atoms with Crippen molar-refractivity contribution in [2.75, 3.05) is 6.54 Å². The molecule has 9 nitrogen and oxygen atoms in total. The van der Waals surface area contributed by atoms with Crippen LogP contribution in [0.25, 0.3) is 5.76 Å². The third-order valence-electron chi connectivity index (χ3n) is 4.55. The molecule has 1 amide bonds. The van der Waals surface area contributed by atoms with Gasteiger partial charge in [-0.2, -0.15) is 0 Å². The minimum Gasteiger partial charge on any atom is -0.507 e. The van der Waals surface area contributed by atoms with E-state index in [4.69, 9.17) is 5.11 Å². The number of Topliss-reactive ketones (excluding diaryl/α,β-unsaturated/α-hetero) is 1. The third kappa shape index (κ3) is 3.84. The van der Waals surface area contributed by atoms with Crippen molar-refractivity contribution in [3.63, 3.8) is 0 Å². The smallest absolute Gasteiger partial charge is 0.305 e. The third-order valence-corrected chi connectivity index (χ3v) is 4.55. The van der Waals surface area contributed by atoms with E-state index in [2.05, 4.69) is 0 Å². The molecule has 1 atom stereocenters. The van der Waals surface area contributed by atoms with Crippen molar-refractivity contribution in [1.82, 2.24) is 4.90 Å². The number of rotatable bonds is 6. The minimum atomic E-state index is -1.17. The van der Waals surface area contributed by atoms with E-state index in [9.17, 15) is 29.6 Å². The molecule has 0 spiro atoms. The Labute approximate surface area is 164 Å². The molecule has 3 rings (SSSR count). The number of nitrogens with zero attached hydrogens (tertiary/aromatic N) is 2. The Bertz CT molecular complexity index is 1030. The van der Waals surface area contributed by atoms with Gasteiger partial charge in [0.25, 0.3) is 17.4 Å². The standard InChI is InChI=1S/C20H16N2O7/c23-15(24)9-10-21-17(13-7-4-8-14(11-13)22(28)29)16(19(26)20(21)27)18(25)12-5-2-1-3-6-12/h1-8,11,17,25H,9-10H2,(H,23,24)/b18-16+/t17-/m0/s1. The van der Waals surface area contributed by atoms with E-state index in [1.165, 1.54) is 24.3 Å². The Hall–Kier alpha value is -4.01. The van der Waals surface area contributed by atoms with Crippen LogP contribution in [0.15, 0.2) is 60.2 Å². The van der Waals surface area contributed by atoms with Crippen LogP contribution in [-0.4, -0.2) is 44.2 Å². The van der Waals surface area contributed by atoms with Crippen molar-refractivity contribution in [2.24, 2.45) is 0 Å². The van der Waals surface area contributed by atoms with Gasteiger partial charge in [0, 0.05) is 24.2 Å². The average Bonchev–Trinajstić information content (AvgIpc) is 2.97. The maximum atomic E-state index is 12.7. The van der Waals surface area contributed by atoms with Crippen molar-refractivity contribution in [3.8, 4) is 0 Å². The number of hydrogen-bond acceptors (Lipinski definition) is 6. The molecule has 1 heterocycles. The Morgan fingerprint density at radius 2 is 1.76 bits per heavy atom. The summed E-state index contributed by atoms with van der Waals surface area (Å²) < 4.78 is 0. The molecule has 0 aromatic heterocycles. The molecule has 0 saturated carbocycles. The zero-order valence-electron chi connectivity index (χ0n) is 15.0. The number of hydrogen-bond donors (Lipinski definition) is 2. The van der Waals surface area contributed by atoms with Gasteiger partial charge in [0.05, 0.1) is 23.0 Å². The molecule has 1 aliphatic rings. The summed E-state index contributed by atoms with van der Waals surface area (Å²) in [5, 5.41) is 30.9. The van der Waals surface area contributed by atoms with Crippen LogP contribution in [0.1, 0.15) is 23.6 Å². The second kappa shape index (κ2) is 7.93. The zero-order valence-corrected chi connectivity index (χ0v) is 15.0. The fourth-order valence-corrected chi connectivity index (χ4v) is 3.23. The summed E-state index contributed by atoms with van der Waals surface area (Å²) in [7, 11) is 0. The summed E-state index contributed by atoms with van der Waals surface area (Å²) in [5.74, 6) is -3.56. The van der Waals surface area contributed by atoms with Gasteiger partial charge in [-0.05, 0) is 5.56 Å². The van der Waals surface area contributed by atoms with Crippen LogP contribution in [0.5, 0.6) is 0 Å². The molecular formula is C20H16N2O7. The highest BCUT2D eigenvalue weighted by Gasteiger charge is 2.46. The van der Waals surface area contributed by atoms with Gasteiger partial charge >= 0.3 is 5.97 Å². The summed E-state index contributed by atoms with van der Waals surface area (Å²) in [4.78, 5) is 47.8. The monoisotopic (exact) mass is 396 g/mol. The predicted octanol–water partition coefficient (Wildman–Crippen LogP) is 2.49. The second-order valence-corrected chi connectivity index (χ2v) is 6.35. The number of aliphatic hydroxyl groups is 1. The van der Waals surface area contributed by atoms with Gasteiger partial charge in [-0.15, -0.1) is 0 Å². The molecule has 2 N–H and O–H groups in total. The lowest BCUT2D eigenvalue weighted by atomic mass is 9.95. The van der Waals surface area contributed by atoms with E-state index >= 15 is 0 Å². The molecule has 9 heteroatoms. The highest BCUT2D eigenvalue weighted by atomic mass is 16.6. The number of carbonyl (C=O) groups excluding carboxylic acids is 2. The van der Waals surface area contributed by atoms with Crippen LogP contribution in [0.2, 0.25) is 0 Å². The van der Waals surface area contributed by atoms with Gasteiger partial charge in [0.2, 0.25) is 0 Å². The van der Waals surface area contributed by atoms with Gasteiger partial charge in [-0.1, -0.05) is 42.5 Å². The molecule has 2 aromatic carbocycles. The van der Waals surface area contributed by atoms with Crippen LogP contribution in [0.4, 0.5) is 5.69 Å². The first kappa shape index (κ1) is 19.7. The molecule has 0 bridgehead atoms. The highest BCUT2D eigenvalue weighted by molar-refractivity contribution is 6.46. The second-order valence-electron chi connectivity index (χ2n) is 6.35. The van der Waals surface area contributed by atoms with Crippen molar-refractivity contribution < 1.29 is 29.5 Å². The maximum absolute atomic E-state index is 12.7. The molecule has 2 aromatic rings. The number of aliphatic hydroxyl groups excluding tert-OH is 1. The molecule has 1 saturated heterocycles. The van der Waals surface area contributed by atoms with E-state index in [0.717, 1.165) is 4.90 Å². The lowest BCUT2D eigenvalue weighted by Crippen LogP contribution is -2.31. The van der Waals surface area contributed by atoms with Gasteiger partial charge in [-0.25, -0.2) is 0 Å². The van der Waals surface area contributed by atoms with Gasteiger partial charge in [-0.3, -0.25) is 24.5 Å². The number of nitro groups is 1. The van der Waals surface area contributed by atoms with Gasteiger partial charge < -0.3 is 15.1 Å². The van der Waals surface area contributed by atoms with Crippen molar-refractivity contribution >= 4 is 29.1 Å². The SMILES string of the molecule is O=C(O)CCN1C(=O)C(=O)/C(=C(/O)c2ccccc2)[C@@H]1c1cccc([N+](=O)[O-])c1. The number of non-ortho nitro benzene ring substituents is 1.